The summed E-state index contributed by atoms with van der Waals surface area (Å²) < 4.78 is 0. The van der Waals surface area contributed by atoms with Crippen molar-refractivity contribution in [1.29, 1.82) is 0 Å². The molecule has 0 aromatic rings. The van der Waals surface area contributed by atoms with Crippen LogP contribution in [0.4, 0.5) is 0 Å². The van der Waals surface area contributed by atoms with Crippen molar-refractivity contribution in [2.75, 3.05) is 65.4 Å². The fraction of sp³-hybridized carbons (Fsp3) is 0.850. The zero-order valence-electron chi connectivity index (χ0n) is 15.6. The van der Waals surface area contributed by atoms with Crippen LogP contribution in [0.2, 0.25) is 0 Å². The lowest BCUT2D eigenvalue weighted by Gasteiger charge is -2.31. The molecule has 3 aliphatic rings. The first-order chi connectivity index (χ1) is 11.8. The Morgan fingerprint density at radius 3 is 2.29 bits per heavy atom. The van der Waals surface area contributed by atoms with Crippen molar-refractivity contribution in [3.8, 4) is 0 Å². The van der Waals surface area contributed by atoms with Crippen LogP contribution in [0.5, 0.6) is 0 Å². The summed E-state index contributed by atoms with van der Waals surface area (Å²) in [4.78, 5) is 10.0. The molecule has 3 aliphatic heterocycles. The van der Waals surface area contributed by atoms with Crippen molar-refractivity contribution in [3.05, 3.63) is 18.8 Å². The molecule has 2 saturated heterocycles. The van der Waals surface area contributed by atoms with Crippen molar-refractivity contribution in [1.82, 2.24) is 19.6 Å². The minimum Gasteiger partial charge on any atom is -0.303 e. The van der Waals surface area contributed by atoms with Crippen LogP contribution in [0.1, 0.15) is 39.0 Å². The van der Waals surface area contributed by atoms with E-state index in [1.165, 1.54) is 91.0 Å². The van der Waals surface area contributed by atoms with Gasteiger partial charge in [0.15, 0.2) is 0 Å². The van der Waals surface area contributed by atoms with E-state index in [2.05, 4.69) is 45.3 Å². The summed E-state index contributed by atoms with van der Waals surface area (Å²) in [5.74, 6) is 0.898. The third kappa shape index (κ3) is 6.14. The van der Waals surface area contributed by atoms with Crippen LogP contribution in [-0.2, 0) is 0 Å². The van der Waals surface area contributed by atoms with Crippen molar-refractivity contribution >= 4 is 0 Å². The minimum atomic E-state index is 0.898. The molecule has 0 aliphatic carbocycles. The molecule has 4 heteroatoms. The second kappa shape index (κ2) is 9.91. The Morgan fingerprint density at radius 2 is 1.62 bits per heavy atom. The largest absolute Gasteiger partial charge is 0.303 e. The second-order valence-corrected chi connectivity index (χ2v) is 7.89. The lowest BCUT2D eigenvalue weighted by molar-refractivity contribution is 0.175. The van der Waals surface area contributed by atoms with E-state index in [9.17, 15) is 0 Å². The molecule has 2 radical (unpaired) electrons. The quantitative estimate of drug-likeness (QED) is 0.633. The molecule has 0 saturated carbocycles. The standard InChI is InChI=1S/C20H36N4/c1-20-8-5-11-22(18-20)13-7-15-24-17-16-23(19-24)14-6-12-21-9-3-2-4-10-21/h2-3,20H,4-18H2,1H3. The topological polar surface area (TPSA) is 13.0 Å². The molecule has 3 rings (SSSR count). The van der Waals surface area contributed by atoms with E-state index in [1.807, 2.05) is 0 Å². The number of nitrogens with zero attached hydrogens (tertiary/aromatic N) is 4. The first-order valence-electron chi connectivity index (χ1n) is 10.2. The maximum atomic E-state index is 3.59. The van der Waals surface area contributed by atoms with E-state index >= 15 is 0 Å². The van der Waals surface area contributed by atoms with E-state index < -0.39 is 0 Å². The van der Waals surface area contributed by atoms with Gasteiger partial charge in [-0.05, 0) is 57.7 Å². The molecule has 0 aromatic heterocycles. The van der Waals surface area contributed by atoms with E-state index in [4.69, 9.17) is 0 Å². The third-order valence-electron chi connectivity index (χ3n) is 5.61. The van der Waals surface area contributed by atoms with Gasteiger partial charge in [-0.1, -0.05) is 19.1 Å². The number of piperidine rings is 1. The summed E-state index contributed by atoms with van der Waals surface area (Å²) in [6, 6.07) is 0. The van der Waals surface area contributed by atoms with Gasteiger partial charge >= 0.3 is 0 Å². The van der Waals surface area contributed by atoms with Crippen molar-refractivity contribution in [2.45, 2.75) is 39.0 Å². The Hall–Kier alpha value is -0.420. The van der Waals surface area contributed by atoms with Gasteiger partial charge in [-0.3, -0.25) is 14.7 Å². The maximum Gasteiger partial charge on any atom is 0.146 e. The molecule has 24 heavy (non-hydrogen) atoms. The molecule has 2 fully saturated rings. The van der Waals surface area contributed by atoms with Crippen LogP contribution >= 0.6 is 0 Å². The zero-order valence-corrected chi connectivity index (χ0v) is 15.6. The van der Waals surface area contributed by atoms with Crippen molar-refractivity contribution in [2.24, 2.45) is 5.92 Å². The number of likely N-dealkylation sites (tertiary alicyclic amines) is 1. The number of rotatable bonds is 8. The first-order valence-corrected chi connectivity index (χ1v) is 10.2. The fourth-order valence-electron chi connectivity index (χ4n) is 4.22. The molecule has 4 nitrogen and oxygen atoms in total. The van der Waals surface area contributed by atoms with Gasteiger partial charge in [-0.15, -0.1) is 0 Å². The average molecular weight is 333 g/mol. The van der Waals surface area contributed by atoms with Crippen LogP contribution in [-0.4, -0.2) is 85.0 Å². The Bertz CT molecular complexity index is 384. The van der Waals surface area contributed by atoms with Gasteiger partial charge in [0.2, 0.25) is 0 Å². The molecule has 136 valence electrons. The summed E-state index contributed by atoms with van der Waals surface area (Å²) in [5.41, 5.74) is 0. The Labute approximate surface area is 149 Å². The number of hydrogen-bond donors (Lipinski definition) is 0. The predicted molar refractivity (Wildman–Crippen MR) is 101 cm³/mol. The molecular formula is C20H36N4. The predicted octanol–water partition coefficient (Wildman–Crippen LogP) is 2.37. The highest BCUT2D eigenvalue weighted by molar-refractivity contribution is 4.90. The van der Waals surface area contributed by atoms with Crippen molar-refractivity contribution in [3.63, 3.8) is 0 Å². The summed E-state index contributed by atoms with van der Waals surface area (Å²) in [6.07, 6.45) is 11.2. The lowest BCUT2D eigenvalue weighted by atomic mass is 10.0. The Kier molecular flexibility index (Phi) is 7.58. The zero-order chi connectivity index (χ0) is 16.6. The van der Waals surface area contributed by atoms with Gasteiger partial charge in [-0.2, -0.15) is 0 Å². The van der Waals surface area contributed by atoms with Gasteiger partial charge in [0, 0.05) is 45.8 Å². The van der Waals surface area contributed by atoms with E-state index in [0.29, 0.717) is 0 Å². The van der Waals surface area contributed by atoms with Gasteiger partial charge in [0.25, 0.3) is 0 Å². The smallest absolute Gasteiger partial charge is 0.146 e. The van der Waals surface area contributed by atoms with Gasteiger partial charge in [0.1, 0.15) is 6.67 Å². The SMILES string of the molecule is CC1CCCN(CCCN2[C]N(CCCN3CC=CCC3)CC2)C1. The minimum absolute atomic E-state index is 0.898. The van der Waals surface area contributed by atoms with Crippen LogP contribution in [0.15, 0.2) is 12.2 Å². The molecule has 0 bridgehead atoms. The summed E-state index contributed by atoms with van der Waals surface area (Å²) in [6.45, 7) is 18.2. The number of hydrogen-bond acceptors (Lipinski definition) is 4. The fourth-order valence-corrected chi connectivity index (χ4v) is 4.22. The normalized spacial score (nSPS) is 28.0. The highest BCUT2D eigenvalue weighted by Gasteiger charge is 2.22. The van der Waals surface area contributed by atoms with E-state index in [1.54, 1.807) is 0 Å². The van der Waals surface area contributed by atoms with Crippen LogP contribution < -0.4 is 0 Å². The van der Waals surface area contributed by atoms with Crippen LogP contribution in [0.3, 0.4) is 0 Å². The maximum absolute atomic E-state index is 3.59. The molecule has 0 amide bonds. The summed E-state index contributed by atoms with van der Waals surface area (Å²) in [5, 5.41) is 0. The highest BCUT2D eigenvalue weighted by Crippen LogP contribution is 2.16. The lowest BCUT2D eigenvalue weighted by Crippen LogP contribution is -2.36. The van der Waals surface area contributed by atoms with Crippen LogP contribution in [0, 0.1) is 12.6 Å². The second-order valence-electron chi connectivity index (χ2n) is 7.89. The molecule has 0 N–H and O–H groups in total. The third-order valence-corrected chi connectivity index (χ3v) is 5.61. The summed E-state index contributed by atoms with van der Waals surface area (Å²) in [7, 11) is 0. The van der Waals surface area contributed by atoms with E-state index in [0.717, 1.165) is 12.5 Å². The molecule has 0 aromatic carbocycles. The molecule has 3 heterocycles. The molecule has 1 atom stereocenters. The van der Waals surface area contributed by atoms with Gasteiger partial charge in [0.05, 0.1) is 0 Å². The average Bonchev–Trinajstić information content (AvgIpc) is 3.04. The Balaban J connectivity index is 1.22. The van der Waals surface area contributed by atoms with Gasteiger partial charge < -0.3 is 4.90 Å². The van der Waals surface area contributed by atoms with Crippen LogP contribution in [0.25, 0.3) is 0 Å². The molecular weight excluding hydrogens is 296 g/mol. The van der Waals surface area contributed by atoms with Crippen molar-refractivity contribution < 1.29 is 0 Å². The highest BCUT2D eigenvalue weighted by atomic mass is 15.4. The Morgan fingerprint density at radius 1 is 0.875 bits per heavy atom. The monoisotopic (exact) mass is 332 g/mol. The van der Waals surface area contributed by atoms with E-state index in [-0.39, 0.29) is 0 Å². The molecule has 1 unspecified atom stereocenters. The first kappa shape index (κ1) is 18.4. The summed E-state index contributed by atoms with van der Waals surface area (Å²) >= 11 is 0. The molecule has 0 spiro atoms. The van der Waals surface area contributed by atoms with Gasteiger partial charge in [-0.25, -0.2) is 0 Å².